The van der Waals surface area contributed by atoms with Crippen LogP contribution in [-0.2, 0) is 0 Å². The summed E-state index contributed by atoms with van der Waals surface area (Å²) < 4.78 is 40.3. The minimum atomic E-state index is -4.64. The van der Waals surface area contributed by atoms with E-state index in [4.69, 9.17) is 0 Å². The molecule has 18 heavy (non-hydrogen) atoms. The Kier molecular flexibility index (Phi) is 5.47. The summed E-state index contributed by atoms with van der Waals surface area (Å²) in [6.45, 7) is 2.08. The van der Waals surface area contributed by atoms with E-state index in [0.29, 0.717) is 0 Å². The van der Waals surface area contributed by atoms with Gasteiger partial charge >= 0.3 is 6.36 Å². The third kappa shape index (κ3) is 4.96. The van der Waals surface area contributed by atoms with E-state index in [0.717, 1.165) is 24.8 Å². The molecule has 0 heterocycles. The summed E-state index contributed by atoms with van der Waals surface area (Å²) in [7, 11) is 1.80. The Morgan fingerprint density at radius 3 is 2.61 bits per heavy atom. The van der Waals surface area contributed by atoms with Crippen molar-refractivity contribution in [2.75, 3.05) is 7.05 Å². The molecule has 0 fully saturated rings. The van der Waals surface area contributed by atoms with E-state index >= 15 is 0 Å². The Bertz CT molecular complexity index is 365. The normalized spacial score (nSPS) is 13.4. The minimum Gasteiger partial charge on any atom is -0.406 e. The Morgan fingerprint density at radius 2 is 2.06 bits per heavy atom. The molecule has 0 aromatic heterocycles. The highest BCUT2D eigenvalue weighted by atomic mass is 19.4. The first-order valence-corrected chi connectivity index (χ1v) is 5.99. The molecule has 1 aromatic carbocycles. The zero-order valence-electron chi connectivity index (χ0n) is 10.6. The van der Waals surface area contributed by atoms with Crippen LogP contribution in [0.2, 0.25) is 0 Å². The highest BCUT2D eigenvalue weighted by Crippen LogP contribution is 2.27. The number of alkyl halides is 3. The average Bonchev–Trinajstić information content (AvgIpc) is 2.28. The van der Waals surface area contributed by atoms with Crippen molar-refractivity contribution in [2.24, 2.45) is 0 Å². The van der Waals surface area contributed by atoms with Gasteiger partial charge in [-0.25, -0.2) is 0 Å². The summed E-state index contributed by atoms with van der Waals surface area (Å²) in [6, 6.07) is 6.18. The SMILES string of the molecule is CCCCC(NC)c1cccc(OC(F)(F)F)c1. The second kappa shape index (κ2) is 6.64. The van der Waals surface area contributed by atoms with Crippen LogP contribution in [0, 0.1) is 0 Å². The molecule has 0 bridgehead atoms. The van der Waals surface area contributed by atoms with Gasteiger partial charge in [0.15, 0.2) is 0 Å². The molecule has 0 saturated carbocycles. The molecule has 5 heteroatoms. The van der Waals surface area contributed by atoms with Gasteiger partial charge in [-0.05, 0) is 31.2 Å². The van der Waals surface area contributed by atoms with Crippen LogP contribution in [0.4, 0.5) is 13.2 Å². The van der Waals surface area contributed by atoms with Crippen molar-refractivity contribution in [3.63, 3.8) is 0 Å². The maximum atomic E-state index is 12.1. The molecule has 0 saturated heterocycles. The first-order valence-electron chi connectivity index (χ1n) is 5.99. The van der Waals surface area contributed by atoms with Crippen molar-refractivity contribution in [1.82, 2.24) is 5.32 Å². The molecule has 1 unspecified atom stereocenters. The number of unbranched alkanes of at least 4 members (excludes halogenated alkanes) is 1. The quantitative estimate of drug-likeness (QED) is 0.834. The van der Waals surface area contributed by atoms with Crippen LogP contribution >= 0.6 is 0 Å². The lowest BCUT2D eigenvalue weighted by molar-refractivity contribution is -0.274. The number of ether oxygens (including phenoxy) is 1. The monoisotopic (exact) mass is 261 g/mol. The second-order valence-electron chi connectivity index (χ2n) is 4.10. The van der Waals surface area contributed by atoms with Gasteiger partial charge in [-0.15, -0.1) is 13.2 Å². The van der Waals surface area contributed by atoms with Crippen LogP contribution in [0.25, 0.3) is 0 Å². The molecule has 0 radical (unpaired) electrons. The van der Waals surface area contributed by atoms with Crippen LogP contribution < -0.4 is 10.1 Å². The lowest BCUT2D eigenvalue weighted by atomic mass is 10.0. The van der Waals surface area contributed by atoms with Crippen LogP contribution in [0.15, 0.2) is 24.3 Å². The molecule has 1 atom stereocenters. The first kappa shape index (κ1) is 14.8. The molecule has 2 nitrogen and oxygen atoms in total. The van der Waals surface area contributed by atoms with Gasteiger partial charge in [0.05, 0.1) is 0 Å². The zero-order valence-corrected chi connectivity index (χ0v) is 10.6. The van der Waals surface area contributed by atoms with Gasteiger partial charge in [-0.1, -0.05) is 31.9 Å². The Hall–Kier alpha value is -1.23. The summed E-state index contributed by atoms with van der Waals surface area (Å²) in [6.07, 6.45) is -1.67. The molecular formula is C13H18F3NO. The Balaban J connectivity index is 2.79. The van der Waals surface area contributed by atoms with Gasteiger partial charge in [0.25, 0.3) is 0 Å². The van der Waals surface area contributed by atoms with Gasteiger partial charge in [0.1, 0.15) is 5.75 Å². The standard InChI is InChI=1S/C13H18F3NO/c1-3-4-8-12(17-2)10-6-5-7-11(9-10)18-13(14,15)16/h5-7,9,12,17H,3-4,8H2,1-2H3. The predicted octanol–water partition coefficient (Wildman–Crippen LogP) is 4.04. The number of nitrogens with one attached hydrogen (secondary N) is 1. The molecule has 1 aromatic rings. The molecule has 0 aliphatic carbocycles. The number of benzene rings is 1. The average molecular weight is 261 g/mol. The molecule has 0 aliphatic heterocycles. The highest BCUT2D eigenvalue weighted by molar-refractivity contribution is 5.30. The highest BCUT2D eigenvalue weighted by Gasteiger charge is 2.31. The predicted molar refractivity (Wildman–Crippen MR) is 64.5 cm³/mol. The van der Waals surface area contributed by atoms with E-state index in [9.17, 15) is 13.2 Å². The largest absolute Gasteiger partial charge is 0.573 e. The van der Waals surface area contributed by atoms with Crippen molar-refractivity contribution in [3.05, 3.63) is 29.8 Å². The Morgan fingerprint density at radius 1 is 1.33 bits per heavy atom. The smallest absolute Gasteiger partial charge is 0.406 e. The fraction of sp³-hybridized carbons (Fsp3) is 0.538. The maximum Gasteiger partial charge on any atom is 0.573 e. The molecule has 1 rings (SSSR count). The summed E-state index contributed by atoms with van der Waals surface area (Å²) >= 11 is 0. The van der Waals surface area contributed by atoms with Gasteiger partial charge in [0.2, 0.25) is 0 Å². The number of halogens is 3. The first-order chi connectivity index (χ1) is 8.46. The second-order valence-corrected chi connectivity index (χ2v) is 4.10. The van der Waals surface area contributed by atoms with Crippen molar-refractivity contribution in [2.45, 2.75) is 38.6 Å². The molecule has 102 valence electrons. The summed E-state index contributed by atoms with van der Waals surface area (Å²) in [5.74, 6) is -0.170. The summed E-state index contributed by atoms with van der Waals surface area (Å²) in [5.41, 5.74) is 0.813. The van der Waals surface area contributed by atoms with E-state index in [-0.39, 0.29) is 11.8 Å². The van der Waals surface area contributed by atoms with Gasteiger partial charge in [-0.2, -0.15) is 0 Å². The molecule has 0 spiro atoms. The number of rotatable bonds is 6. The maximum absolute atomic E-state index is 12.1. The minimum absolute atomic E-state index is 0.0572. The van der Waals surface area contributed by atoms with Crippen molar-refractivity contribution in [1.29, 1.82) is 0 Å². The summed E-state index contributed by atoms with van der Waals surface area (Å²) in [4.78, 5) is 0. The lowest BCUT2D eigenvalue weighted by Gasteiger charge is -2.17. The molecular weight excluding hydrogens is 243 g/mol. The topological polar surface area (TPSA) is 21.3 Å². The number of hydrogen-bond acceptors (Lipinski definition) is 2. The third-order valence-electron chi connectivity index (χ3n) is 2.69. The fourth-order valence-corrected chi connectivity index (χ4v) is 1.81. The Labute approximate surface area is 105 Å². The molecule has 0 aliphatic rings. The van der Waals surface area contributed by atoms with E-state index in [1.165, 1.54) is 12.1 Å². The van der Waals surface area contributed by atoms with Crippen LogP contribution in [0.1, 0.15) is 37.8 Å². The third-order valence-corrected chi connectivity index (χ3v) is 2.69. The van der Waals surface area contributed by atoms with E-state index < -0.39 is 6.36 Å². The van der Waals surface area contributed by atoms with E-state index in [1.54, 1.807) is 19.2 Å². The van der Waals surface area contributed by atoms with Crippen molar-refractivity contribution < 1.29 is 17.9 Å². The fourth-order valence-electron chi connectivity index (χ4n) is 1.81. The van der Waals surface area contributed by atoms with Gasteiger partial charge < -0.3 is 10.1 Å². The number of hydrogen-bond donors (Lipinski definition) is 1. The van der Waals surface area contributed by atoms with Crippen molar-refractivity contribution >= 4 is 0 Å². The van der Waals surface area contributed by atoms with Crippen LogP contribution in [0.3, 0.4) is 0 Å². The van der Waals surface area contributed by atoms with Crippen LogP contribution in [-0.4, -0.2) is 13.4 Å². The lowest BCUT2D eigenvalue weighted by Crippen LogP contribution is -2.19. The van der Waals surface area contributed by atoms with E-state index in [1.807, 2.05) is 0 Å². The van der Waals surface area contributed by atoms with E-state index in [2.05, 4.69) is 17.0 Å². The summed E-state index contributed by atoms with van der Waals surface area (Å²) in [5, 5.41) is 3.11. The van der Waals surface area contributed by atoms with Gasteiger partial charge in [0, 0.05) is 6.04 Å². The zero-order chi connectivity index (χ0) is 13.6. The molecule has 1 N–H and O–H groups in total. The molecule has 0 amide bonds. The van der Waals surface area contributed by atoms with Crippen molar-refractivity contribution in [3.8, 4) is 5.75 Å². The van der Waals surface area contributed by atoms with Crippen LogP contribution in [0.5, 0.6) is 5.75 Å². The van der Waals surface area contributed by atoms with Gasteiger partial charge in [-0.3, -0.25) is 0 Å².